The van der Waals surface area contributed by atoms with Crippen LogP contribution in [0.2, 0.25) is 0 Å². The summed E-state index contributed by atoms with van der Waals surface area (Å²) in [6.07, 6.45) is 1.26. The molecule has 0 radical (unpaired) electrons. The number of nitrogens with zero attached hydrogens (tertiary/aromatic N) is 2. The van der Waals surface area contributed by atoms with E-state index >= 15 is 0 Å². The van der Waals surface area contributed by atoms with Crippen LogP contribution in [0, 0.1) is 0 Å². The van der Waals surface area contributed by atoms with E-state index in [-0.39, 0.29) is 24.1 Å². The minimum absolute atomic E-state index is 0.0669. The molecule has 8 heteroatoms. The van der Waals surface area contributed by atoms with Crippen molar-refractivity contribution in [2.45, 2.75) is 19.6 Å². The summed E-state index contributed by atoms with van der Waals surface area (Å²) in [5.74, 6) is 0.998. The molecule has 0 bridgehead atoms. The Morgan fingerprint density at radius 1 is 1.17 bits per heavy atom. The van der Waals surface area contributed by atoms with Gasteiger partial charge in [0.1, 0.15) is 23.8 Å². The van der Waals surface area contributed by atoms with Gasteiger partial charge >= 0.3 is 0 Å². The smallest absolute Gasteiger partial charge is 0.276 e. The van der Waals surface area contributed by atoms with Crippen LogP contribution in [0.5, 0.6) is 11.5 Å². The fourth-order valence-corrected chi connectivity index (χ4v) is 2.78. The molecule has 0 aliphatic heterocycles. The third kappa shape index (κ3) is 4.48. The van der Waals surface area contributed by atoms with Crippen molar-refractivity contribution in [1.82, 2.24) is 15.2 Å². The first-order valence-electron chi connectivity index (χ1n) is 9.06. The molecular formula is C21H23N3O5. The van der Waals surface area contributed by atoms with Crippen LogP contribution in [0.4, 0.5) is 0 Å². The van der Waals surface area contributed by atoms with Crippen LogP contribution in [-0.4, -0.2) is 48.9 Å². The summed E-state index contributed by atoms with van der Waals surface area (Å²) in [4.78, 5) is 29.7. The summed E-state index contributed by atoms with van der Waals surface area (Å²) >= 11 is 0. The maximum Gasteiger partial charge on any atom is 0.276 e. The van der Waals surface area contributed by atoms with Crippen LogP contribution in [0.25, 0.3) is 10.8 Å². The van der Waals surface area contributed by atoms with Gasteiger partial charge in [0.15, 0.2) is 12.3 Å². The van der Waals surface area contributed by atoms with Gasteiger partial charge in [-0.1, -0.05) is 12.1 Å². The highest BCUT2D eigenvalue weighted by molar-refractivity contribution is 5.95. The molecule has 3 aromatic rings. The zero-order valence-electron chi connectivity index (χ0n) is 16.8. The lowest BCUT2D eigenvalue weighted by Crippen LogP contribution is -2.44. The fraction of sp³-hybridized carbons (Fsp3) is 0.286. The summed E-state index contributed by atoms with van der Waals surface area (Å²) in [6, 6.07) is 10.9. The van der Waals surface area contributed by atoms with Gasteiger partial charge in [-0.3, -0.25) is 9.59 Å². The number of benzene rings is 2. The van der Waals surface area contributed by atoms with Crippen molar-refractivity contribution in [3.8, 4) is 11.5 Å². The highest BCUT2D eigenvalue weighted by atomic mass is 16.5. The van der Waals surface area contributed by atoms with E-state index in [9.17, 15) is 9.59 Å². The van der Waals surface area contributed by atoms with Crippen LogP contribution >= 0.6 is 0 Å². The Balaban J connectivity index is 1.66. The van der Waals surface area contributed by atoms with Crippen molar-refractivity contribution in [3.63, 3.8) is 0 Å². The number of aromatic nitrogens is 1. The zero-order valence-corrected chi connectivity index (χ0v) is 16.8. The summed E-state index contributed by atoms with van der Waals surface area (Å²) in [5.41, 5.74) is 0.116. The molecule has 0 saturated carbocycles. The number of likely N-dealkylation sites (N-methyl/N-ethyl adjacent to an activating group) is 2. The van der Waals surface area contributed by atoms with Gasteiger partial charge in [0.05, 0.1) is 7.11 Å². The van der Waals surface area contributed by atoms with Gasteiger partial charge in [0.25, 0.3) is 5.91 Å². The average molecular weight is 397 g/mol. The molecule has 0 aliphatic rings. The number of amides is 2. The molecule has 0 saturated heterocycles. The number of methoxy groups -OCH3 is 1. The summed E-state index contributed by atoms with van der Waals surface area (Å²) in [6.45, 7) is 1.70. The van der Waals surface area contributed by atoms with Crippen LogP contribution in [0.1, 0.15) is 23.3 Å². The van der Waals surface area contributed by atoms with Crippen molar-refractivity contribution >= 4 is 22.6 Å². The van der Waals surface area contributed by atoms with Crippen molar-refractivity contribution in [1.29, 1.82) is 0 Å². The van der Waals surface area contributed by atoms with Gasteiger partial charge < -0.3 is 24.1 Å². The molecule has 152 valence electrons. The first-order chi connectivity index (χ1) is 13.9. The Morgan fingerprint density at radius 2 is 1.86 bits per heavy atom. The number of carbonyl (C=O) groups is 2. The van der Waals surface area contributed by atoms with Crippen LogP contribution < -0.4 is 14.8 Å². The lowest BCUT2D eigenvalue weighted by Gasteiger charge is -2.22. The molecule has 0 spiro atoms. The number of fused-ring (bicyclic) bond motifs is 1. The van der Waals surface area contributed by atoms with E-state index < -0.39 is 11.9 Å². The highest BCUT2D eigenvalue weighted by Crippen LogP contribution is 2.25. The number of hydrogen-bond donors (Lipinski definition) is 1. The van der Waals surface area contributed by atoms with Gasteiger partial charge in [0, 0.05) is 14.1 Å². The molecule has 8 nitrogen and oxygen atoms in total. The van der Waals surface area contributed by atoms with Crippen LogP contribution in [-0.2, 0) is 11.4 Å². The second-order valence-corrected chi connectivity index (χ2v) is 6.50. The molecular weight excluding hydrogens is 374 g/mol. The summed E-state index contributed by atoms with van der Waals surface area (Å²) in [5, 5.41) is 4.56. The molecule has 1 N–H and O–H groups in total. The topological polar surface area (TPSA) is 93.9 Å². The van der Waals surface area contributed by atoms with Crippen LogP contribution in [0.15, 0.2) is 47.1 Å². The quantitative estimate of drug-likeness (QED) is 0.659. The standard InChI is InChI=1S/C21H23N3O5/c1-13(20(25)22-2)24(3)21(26)18-11-29-19(23-18)12-28-17-8-6-14-5-7-16(27-4)9-15(14)10-17/h5-11,13H,12H2,1-4H3,(H,22,25)/t13-/m1/s1. The lowest BCUT2D eigenvalue weighted by molar-refractivity contribution is -0.124. The highest BCUT2D eigenvalue weighted by Gasteiger charge is 2.24. The number of hydrogen-bond acceptors (Lipinski definition) is 6. The molecule has 0 aliphatic carbocycles. The molecule has 1 aromatic heterocycles. The van der Waals surface area contributed by atoms with Crippen molar-refractivity contribution in [3.05, 3.63) is 54.2 Å². The number of rotatable bonds is 7. The third-order valence-corrected chi connectivity index (χ3v) is 4.68. The summed E-state index contributed by atoms with van der Waals surface area (Å²) < 4.78 is 16.3. The minimum atomic E-state index is -0.626. The van der Waals surface area contributed by atoms with E-state index in [4.69, 9.17) is 13.9 Å². The molecule has 29 heavy (non-hydrogen) atoms. The van der Waals surface area contributed by atoms with Crippen LogP contribution in [0.3, 0.4) is 0 Å². The first kappa shape index (κ1) is 20.2. The first-order valence-corrected chi connectivity index (χ1v) is 9.06. The summed E-state index contributed by atoms with van der Waals surface area (Å²) in [7, 11) is 4.68. The van der Waals surface area contributed by atoms with Gasteiger partial charge in [-0.2, -0.15) is 0 Å². The SMILES string of the molecule is CNC(=O)[C@@H](C)N(C)C(=O)c1coc(COc2ccc3ccc(OC)cc3c2)n1. The number of nitrogens with one attached hydrogen (secondary N) is 1. The third-order valence-electron chi connectivity index (χ3n) is 4.68. The monoisotopic (exact) mass is 397 g/mol. The molecule has 1 atom stereocenters. The Labute approximate surface area is 168 Å². The fourth-order valence-electron chi connectivity index (χ4n) is 2.78. The van der Waals surface area contributed by atoms with E-state index in [2.05, 4.69) is 10.3 Å². The van der Waals surface area contributed by atoms with Gasteiger partial charge in [-0.25, -0.2) is 4.98 Å². The van der Waals surface area contributed by atoms with Crippen molar-refractivity contribution in [2.24, 2.45) is 0 Å². The maximum atomic E-state index is 12.5. The van der Waals surface area contributed by atoms with Crippen molar-refractivity contribution in [2.75, 3.05) is 21.2 Å². The molecule has 0 fully saturated rings. The number of carbonyl (C=O) groups excluding carboxylic acids is 2. The Morgan fingerprint density at radius 3 is 2.55 bits per heavy atom. The molecule has 2 aromatic carbocycles. The molecule has 2 amide bonds. The van der Waals surface area contributed by atoms with Crippen molar-refractivity contribution < 1.29 is 23.5 Å². The Bertz CT molecular complexity index is 1030. The second kappa shape index (κ2) is 8.64. The normalized spacial score (nSPS) is 11.7. The maximum absolute atomic E-state index is 12.5. The van der Waals surface area contributed by atoms with E-state index in [1.807, 2.05) is 36.4 Å². The second-order valence-electron chi connectivity index (χ2n) is 6.50. The van der Waals surface area contributed by atoms with Gasteiger partial charge in [-0.15, -0.1) is 0 Å². The Kier molecular flexibility index (Phi) is 6.01. The van der Waals surface area contributed by atoms with E-state index in [0.717, 1.165) is 16.5 Å². The van der Waals surface area contributed by atoms with Gasteiger partial charge in [-0.05, 0) is 42.0 Å². The van der Waals surface area contributed by atoms with Gasteiger partial charge in [0.2, 0.25) is 11.8 Å². The van der Waals surface area contributed by atoms with E-state index in [1.54, 1.807) is 14.0 Å². The predicted molar refractivity (Wildman–Crippen MR) is 107 cm³/mol. The minimum Gasteiger partial charge on any atom is -0.497 e. The molecule has 1 heterocycles. The predicted octanol–water partition coefficient (Wildman–Crippen LogP) is 2.62. The zero-order chi connectivity index (χ0) is 21.0. The van der Waals surface area contributed by atoms with E-state index in [1.165, 1.54) is 25.3 Å². The number of ether oxygens (including phenoxy) is 2. The van der Waals surface area contributed by atoms with E-state index in [0.29, 0.717) is 5.75 Å². The molecule has 0 unspecified atom stereocenters. The Hall–Kier alpha value is -3.55. The average Bonchev–Trinajstić information content (AvgIpc) is 3.23. The molecule has 3 rings (SSSR count). The largest absolute Gasteiger partial charge is 0.497 e. The lowest BCUT2D eigenvalue weighted by atomic mass is 10.1. The number of oxazole rings is 1.